The normalized spacial score (nSPS) is 17.4. The van der Waals surface area contributed by atoms with Crippen molar-refractivity contribution in [1.29, 1.82) is 5.26 Å². The van der Waals surface area contributed by atoms with E-state index in [0.717, 1.165) is 30.8 Å². The van der Waals surface area contributed by atoms with E-state index in [0.29, 0.717) is 5.41 Å². The minimum Gasteiger partial charge on any atom is -0.494 e. The van der Waals surface area contributed by atoms with Crippen LogP contribution in [0.5, 0.6) is 5.75 Å². The molecule has 1 aromatic carbocycles. The van der Waals surface area contributed by atoms with Crippen LogP contribution >= 0.6 is 0 Å². The maximum Gasteiger partial charge on any atom is 0.119 e. The smallest absolute Gasteiger partial charge is 0.119 e. The van der Waals surface area contributed by atoms with E-state index in [9.17, 15) is 5.26 Å². The first-order valence-corrected chi connectivity index (χ1v) is 10.9. The first kappa shape index (κ1) is 20.8. The summed E-state index contributed by atoms with van der Waals surface area (Å²) in [5.41, 5.74) is 1.55. The molecule has 0 amide bonds. The molecule has 0 radical (unpaired) electrons. The van der Waals surface area contributed by atoms with Gasteiger partial charge in [-0.25, -0.2) is 0 Å². The Morgan fingerprint density at radius 3 is 2.31 bits per heavy atom. The minimum atomic E-state index is 0.0131. The molecule has 1 atom stereocenters. The predicted molar refractivity (Wildman–Crippen MR) is 109 cm³/mol. The lowest BCUT2D eigenvalue weighted by molar-refractivity contribution is 0.148. The van der Waals surface area contributed by atoms with Crippen molar-refractivity contribution in [2.75, 3.05) is 6.61 Å². The van der Waals surface area contributed by atoms with Crippen molar-refractivity contribution in [3.63, 3.8) is 0 Å². The second-order valence-corrected chi connectivity index (χ2v) is 8.17. The largest absolute Gasteiger partial charge is 0.494 e. The molecule has 2 rings (SSSR count). The van der Waals surface area contributed by atoms with Crippen LogP contribution in [-0.4, -0.2) is 6.61 Å². The maximum absolute atomic E-state index is 9.84. The fourth-order valence-corrected chi connectivity index (χ4v) is 4.42. The number of benzene rings is 1. The van der Waals surface area contributed by atoms with Crippen LogP contribution in [0.2, 0.25) is 0 Å². The molecule has 0 aliphatic heterocycles. The SMILES string of the molecule is CCCCCOc1ccc(C(C#N)CC2(CCCC)CCCCC2)cc1. The van der Waals surface area contributed by atoms with Crippen LogP contribution in [0.25, 0.3) is 0 Å². The highest BCUT2D eigenvalue weighted by Crippen LogP contribution is 2.47. The van der Waals surface area contributed by atoms with Crippen molar-refractivity contribution in [3.05, 3.63) is 29.8 Å². The van der Waals surface area contributed by atoms with Gasteiger partial charge in [0.05, 0.1) is 18.6 Å². The Morgan fingerprint density at radius 1 is 1.00 bits per heavy atom. The van der Waals surface area contributed by atoms with Crippen LogP contribution in [-0.2, 0) is 0 Å². The molecule has 0 spiro atoms. The number of hydrogen-bond acceptors (Lipinski definition) is 2. The van der Waals surface area contributed by atoms with Crippen molar-refractivity contribution in [2.45, 2.75) is 96.8 Å². The van der Waals surface area contributed by atoms with Crippen molar-refractivity contribution in [1.82, 2.24) is 0 Å². The maximum atomic E-state index is 9.84. The van der Waals surface area contributed by atoms with Gasteiger partial charge in [-0.05, 0) is 55.2 Å². The number of unbranched alkanes of at least 4 members (excludes halogenated alkanes) is 3. The molecule has 1 aliphatic rings. The standard InChI is InChI=1S/C24H37NO/c1-3-5-10-18-26-23-13-11-21(12-14-23)22(20-25)19-24(15-6-4-2)16-8-7-9-17-24/h11-14,22H,3-10,15-19H2,1-2H3. The summed E-state index contributed by atoms with van der Waals surface area (Å²) >= 11 is 0. The Kier molecular flexibility index (Phi) is 9.02. The first-order chi connectivity index (χ1) is 12.7. The summed E-state index contributed by atoms with van der Waals surface area (Å²) in [6.07, 6.45) is 15.1. The molecule has 0 N–H and O–H groups in total. The van der Waals surface area contributed by atoms with Gasteiger partial charge in [-0.3, -0.25) is 0 Å². The zero-order chi connectivity index (χ0) is 18.7. The molecule has 1 aliphatic carbocycles. The predicted octanol–water partition coefficient (Wildman–Crippen LogP) is 7.39. The Hall–Kier alpha value is -1.49. The second-order valence-electron chi connectivity index (χ2n) is 8.17. The van der Waals surface area contributed by atoms with E-state index < -0.39 is 0 Å². The van der Waals surface area contributed by atoms with Gasteiger partial charge in [-0.15, -0.1) is 0 Å². The van der Waals surface area contributed by atoms with Crippen LogP contribution in [0, 0.1) is 16.7 Å². The molecule has 0 bridgehead atoms. The van der Waals surface area contributed by atoms with Crippen molar-refractivity contribution < 1.29 is 4.74 Å². The molecule has 2 nitrogen and oxygen atoms in total. The van der Waals surface area contributed by atoms with E-state index in [1.54, 1.807) is 0 Å². The van der Waals surface area contributed by atoms with E-state index in [2.05, 4.69) is 32.0 Å². The summed E-state index contributed by atoms with van der Waals surface area (Å²) in [5, 5.41) is 9.84. The van der Waals surface area contributed by atoms with Crippen molar-refractivity contribution in [3.8, 4) is 11.8 Å². The number of nitrogens with zero attached hydrogens (tertiary/aromatic N) is 1. The Bertz CT molecular complexity index is 536. The average molecular weight is 356 g/mol. The molecule has 1 unspecified atom stereocenters. The molecular weight excluding hydrogens is 318 g/mol. The zero-order valence-corrected chi connectivity index (χ0v) is 16.9. The minimum absolute atomic E-state index is 0.0131. The highest BCUT2D eigenvalue weighted by atomic mass is 16.5. The first-order valence-electron chi connectivity index (χ1n) is 10.9. The molecule has 1 saturated carbocycles. The highest BCUT2D eigenvalue weighted by Gasteiger charge is 2.34. The summed E-state index contributed by atoms with van der Waals surface area (Å²) in [4.78, 5) is 0. The van der Waals surface area contributed by atoms with Crippen molar-refractivity contribution >= 4 is 0 Å². The third-order valence-corrected chi connectivity index (χ3v) is 6.07. The third kappa shape index (κ3) is 6.35. The molecule has 26 heavy (non-hydrogen) atoms. The summed E-state index contributed by atoms with van der Waals surface area (Å²) in [5.74, 6) is 0.944. The van der Waals surface area contributed by atoms with Gasteiger partial charge in [0, 0.05) is 0 Å². The molecule has 1 aromatic rings. The van der Waals surface area contributed by atoms with Gasteiger partial charge in [-0.2, -0.15) is 5.26 Å². The van der Waals surface area contributed by atoms with Gasteiger partial charge in [0.2, 0.25) is 0 Å². The lowest BCUT2D eigenvalue weighted by Gasteiger charge is -2.39. The van der Waals surface area contributed by atoms with Crippen LogP contribution in [0.3, 0.4) is 0 Å². The van der Waals surface area contributed by atoms with Crippen LogP contribution < -0.4 is 4.74 Å². The zero-order valence-electron chi connectivity index (χ0n) is 16.9. The van der Waals surface area contributed by atoms with Crippen LogP contribution in [0.1, 0.15) is 102 Å². The van der Waals surface area contributed by atoms with Gasteiger partial charge < -0.3 is 4.74 Å². The summed E-state index contributed by atoms with van der Waals surface area (Å²) in [7, 11) is 0. The van der Waals surface area contributed by atoms with E-state index in [-0.39, 0.29) is 5.92 Å². The average Bonchev–Trinajstić information content (AvgIpc) is 2.69. The fourth-order valence-electron chi connectivity index (χ4n) is 4.42. The molecule has 1 fully saturated rings. The molecule has 2 heteroatoms. The quantitative estimate of drug-likeness (QED) is 0.387. The van der Waals surface area contributed by atoms with E-state index in [1.165, 1.54) is 64.2 Å². The molecule has 0 heterocycles. The Labute approximate surface area is 161 Å². The summed E-state index contributed by atoms with van der Waals surface area (Å²) in [6.45, 7) is 5.27. The Balaban J connectivity index is 1.98. The van der Waals surface area contributed by atoms with Gasteiger partial charge in [0.1, 0.15) is 5.75 Å². The lowest BCUT2D eigenvalue weighted by atomic mass is 9.66. The topological polar surface area (TPSA) is 33.0 Å². The fraction of sp³-hybridized carbons (Fsp3) is 0.708. The monoisotopic (exact) mass is 355 g/mol. The number of ether oxygens (including phenoxy) is 1. The number of nitriles is 1. The van der Waals surface area contributed by atoms with E-state index in [1.807, 2.05) is 12.1 Å². The number of hydrogen-bond donors (Lipinski definition) is 0. The molecular formula is C24H37NO. The molecule has 144 valence electrons. The van der Waals surface area contributed by atoms with Gasteiger partial charge in [-0.1, -0.05) is 70.9 Å². The third-order valence-electron chi connectivity index (χ3n) is 6.07. The highest BCUT2D eigenvalue weighted by molar-refractivity contribution is 5.32. The van der Waals surface area contributed by atoms with Crippen molar-refractivity contribution in [2.24, 2.45) is 5.41 Å². The molecule has 0 saturated heterocycles. The molecule has 0 aromatic heterocycles. The van der Waals surface area contributed by atoms with E-state index in [4.69, 9.17) is 4.74 Å². The lowest BCUT2D eigenvalue weighted by Crippen LogP contribution is -2.26. The second kappa shape index (κ2) is 11.3. The van der Waals surface area contributed by atoms with Gasteiger partial charge in [0.25, 0.3) is 0 Å². The van der Waals surface area contributed by atoms with E-state index >= 15 is 0 Å². The number of rotatable bonds is 11. The van der Waals surface area contributed by atoms with Gasteiger partial charge in [0.15, 0.2) is 0 Å². The summed E-state index contributed by atoms with van der Waals surface area (Å²) < 4.78 is 5.82. The van der Waals surface area contributed by atoms with Gasteiger partial charge >= 0.3 is 0 Å². The summed E-state index contributed by atoms with van der Waals surface area (Å²) in [6, 6.07) is 10.9. The van der Waals surface area contributed by atoms with Crippen LogP contribution in [0.4, 0.5) is 0 Å². The Morgan fingerprint density at radius 2 is 1.69 bits per heavy atom. The van der Waals surface area contributed by atoms with Crippen LogP contribution in [0.15, 0.2) is 24.3 Å².